The molecule has 3 fully saturated rings. The van der Waals surface area contributed by atoms with Gasteiger partial charge in [-0.2, -0.15) is 0 Å². The molecule has 2 nitrogen and oxygen atoms in total. The summed E-state index contributed by atoms with van der Waals surface area (Å²) in [6.07, 6.45) is 2.58. The van der Waals surface area contributed by atoms with Crippen molar-refractivity contribution in [2.75, 3.05) is 26.2 Å². The van der Waals surface area contributed by atoms with Crippen LogP contribution in [0.25, 0.3) is 0 Å². The second-order valence-electron chi connectivity index (χ2n) is 4.33. The van der Waals surface area contributed by atoms with Gasteiger partial charge in [0.2, 0.25) is 0 Å². The average molecular weight is 155 g/mol. The fourth-order valence-corrected chi connectivity index (χ4v) is 2.46. The zero-order chi connectivity index (χ0) is 7.90. The molecule has 64 valence electrons. The highest BCUT2D eigenvalue weighted by Gasteiger charge is 2.42. The number of hydrogen-bond acceptors (Lipinski definition) is 2. The van der Waals surface area contributed by atoms with E-state index in [1.165, 1.54) is 25.9 Å². The normalized spacial score (nSPS) is 49.6. The first-order valence-corrected chi connectivity index (χ1v) is 4.58. The summed E-state index contributed by atoms with van der Waals surface area (Å²) < 4.78 is 0. The lowest BCUT2D eigenvalue weighted by Gasteiger charge is -2.51. The van der Waals surface area contributed by atoms with E-state index in [1.54, 1.807) is 0 Å². The first-order chi connectivity index (χ1) is 5.24. The minimum Gasteiger partial charge on any atom is -0.396 e. The van der Waals surface area contributed by atoms with Crippen molar-refractivity contribution >= 4 is 0 Å². The molecule has 0 aromatic carbocycles. The summed E-state index contributed by atoms with van der Waals surface area (Å²) in [6, 6.07) is 0. The van der Waals surface area contributed by atoms with Crippen LogP contribution >= 0.6 is 0 Å². The summed E-state index contributed by atoms with van der Waals surface area (Å²) in [5.74, 6) is 0.546. The molecule has 2 bridgehead atoms. The topological polar surface area (TPSA) is 23.5 Å². The van der Waals surface area contributed by atoms with Crippen molar-refractivity contribution in [3.05, 3.63) is 0 Å². The van der Waals surface area contributed by atoms with Gasteiger partial charge in [0.05, 0.1) is 0 Å². The number of aliphatic hydroxyl groups is 1. The largest absolute Gasteiger partial charge is 0.396 e. The molecule has 3 aliphatic heterocycles. The van der Waals surface area contributed by atoms with Gasteiger partial charge in [-0.25, -0.2) is 0 Å². The molecular weight excluding hydrogens is 138 g/mol. The lowest BCUT2D eigenvalue weighted by Crippen LogP contribution is -2.54. The molecule has 3 rings (SSSR count). The van der Waals surface area contributed by atoms with Gasteiger partial charge in [0.1, 0.15) is 0 Å². The Balaban J connectivity index is 2.13. The van der Waals surface area contributed by atoms with E-state index in [4.69, 9.17) is 5.11 Å². The van der Waals surface area contributed by atoms with Gasteiger partial charge >= 0.3 is 0 Å². The van der Waals surface area contributed by atoms with Gasteiger partial charge in [0, 0.05) is 19.1 Å². The molecule has 11 heavy (non-hydrogen) atoms. The van der Waals surface area contributed by atoms with Gasteiger partial charge in [-0.3, -0.25) is 0 Å². The Hall–Kier alpha value is -0.0800. The van der Waals surface area contributed by atoms with Crippen LogP contribution < -0.4 is 0 Å². The molecule has 3 saturated heterocycles. The predicted molar refractivity (Wildman–Crippen MR) is 44.4 cm³/mol. The Morgan fingerprint density at radius 3 is 2.45 bits per heavy atom. The van der Waals surface area contributed by atoms with Crippen LogP contribution in [0.1, 0.15) is 19.8 Å². The Labute approximate surface area is 68.2 Å². The third kappa shape index (κ3) is 1.09. The van der Waals surface area contributed by atoms with E-state index in [-0.39, 0.29) is 0 Å². The molecule has 1 atom stereocenters. The van der Waals surface area contributed by atoms with E-state index in [1.807, 2.05) is 0 Å². The summed E-state index contributed by atoms with van der Waals surface area (Å²) in [7, 11) is 0. The second-order valence-corrected chi connectivity index (χ2v) is 4.33. The molecular formula is C9H17NO. The van der Waals surface area contributed by atoms with Gasteiger partial charge in [-0.05, 0) is 31.3 Å². The number of fused-ring (bicyclic) bond motifs is 3. The highest BCUT2D eigenvalue weighted by molar-refractivity contribution is 4.94. The molecule has 0 spiro atoms. The third-order valence-electron chi connectivity index (χ3n) is 3.68. The van der Waals surface area contributed by atoms with E-state index in [2.05, 4.69) is 11.8 Å². The summed E-state index contributed by atoms with van der Waals surface area (Å²) in [5.41, 5.74) is 0.462. The van der Waals surface area contributed by atoms with Crippen LogP contribution in [0.2, 0.25) is 0 Å². The van der Waals surface area contributed by atoms with Crippen molar-refractivity contribution < 1.29 is 5.11 Å². The van der Waals surface area contributed by atoms with Crippen LogP contribution in [0.15, 0.2) is 0 Å². The summed E-state index contributed by atoms with van der Waals surface area (Å²) in [4.78, 5) is 2.48. The van der Waals surface area contributed by atoms with E-state index < -0.39 is 0 Å². The van der Waals surface area contributed by atoms with Crippen LogP contribution in [0.5, 0.6) is 0 Å². The smallest absolute Gasteiger partial charge is 0.0476 e. The van der Waals surface area contributed by atoms with E-state index in [0.717, 1.165) is 6.54 Å². The van der Waals surface area contributed by atoms with E-state index >= 15 is 0 Å². The van der Waals surface area contributed by atoms with Crippen LogP contribution in [-0.2, 0) is 0 Å². The summed E-state index contributed by atoms with van der Waals surface area (Å²) in [6.45, 7) is 6.37. The average Bonchev–Trinajstić information content (AvgIpc) is 2.05. The fraction of sp³-hybridized carbons (Fsp3) is 1.00. The van der Waals surface area contributed by atoms with Crippen molar-refractivity contribution in [2.24, 2.45) is 11.3 Å². The van der Waals surface area contributed by atoms with Crippen molar-refractivity contribution in [3.63, 3.8) is 0 Å². The quantitative estimate of drug-likeness (QED) is 0.603. The molecule has 0 aliphatic carbocycles. The molecule has 0 saturated carbocycles. The molecule has 0 amide bonds. The van der Waals surface area contributed by atoms with Crippen LogP contribution in [0.4, 0.5) is 0 Å². The molecule has 0 aromatic heterocycles. The summed E-state index contributed by atoms with van der Waals surface area (Å²) >= 11 is 0. The first-order valence-electron chi connectivity index (χ1n) is 4.58. The Morgan fingerprint density at radius 2 is 2.09 bits per heavy atom. The van der Waals surface area contributed by atoms with Crippen LogP contribution in [0.3, 0.4) is 0 Å². The maximum Gasteiger partial charge on any atom is 0.0476 e. The van der Waals surface area contributed by atoms with E-state index in [9.17, 15) is 0 Å². The van der Waals surface area contributed by atoms with Gasteiger partial charge in [-0.1, -0.05) is 6.92 Å². The van der Waals surface area contributed by atoms with E-state index in [0.29, 0.717) is 17.9 Å². The number of rotatable bonds is 1. The maximum atomic E-state index is 9.15. The van der Waals surface area contributed by atoms with Crippen molar-refractivity contribution in [1.29, 1.82) is 0 Å². The zero-order valence-corrected chi connectivity index (χ0v) is 7.21. The highest BCUT2D eigenvalue weighted by Crippen LogP contribution is 2.43. The minimum atomic E-state index is 0.382. The predicted octanol–water partition coefficient (Wildman–Crippen LogP) is 0.711. The maximum absolute atomic E-state index is 9.15. The Bertz CT molecular complexity index is 150. The van der Waals surface area contributed by atoms with Crippen molar-refractivity contribution in [1.82, 2.24) is 4.90 Å². The summed E-state index contributed by atoms with van der Waals surface area (Å²) in [5, 5.41) is 9.15. The molecule has 1 unspecified atom stereocenters. The minimum absolute atomic E-state index is 0.382. The number of nitrogens with zero attached hydrogens (tertiary/aromatic N) is 1. The highest BCUT2D eigenvalue weighted by atomic mass is 16.3. The van der Waals surface area contributed by atoms with Crippen LogP contribution in [-0.4, -0.2) is 36.2 Å². The number of hydrogen-bond donors (Lipinski definition) is 1. The molecule has 0 aromatic rings. The fourth-order valence-electron chi connectivity index (χ4n) is 2.46. The van der Waals surface area contributed by atoms with Gasteiger partial charge < -0.3 is 10.0 Å². The zero-order valence-electron chi connectivity index (χ0n) is 7.21. The third-order valence-corrected chi connectivity index (χ3v) is 3.68. The lowest BCUT2D eigenvalue weighted by atomic mass is 9.67. The standard InChI is InChI=1S/C9H17NO/c1-9-2-4-10(5-3-9)6-8(9)7-11/h8,11H,2-7H2,1H3. The number of aliphatic hydroxyl groups excluding tert-OH is 1. The van der Waals surface area contributed by atoms with Gasteiger partial charge in [0.25, 0.3) is 0 Å². The van der Waals surface area contributed by atoms with Gasteiger partial charge in [0.15, 0.2) is 0 Å². The second kappa shape index (κ2) is 2.46. The Kier molecular flexibility index (Phi) is 1.69. The number of piperidine rings is 3. The molecule has 3 aliphatic rings. The first kappa shape index (κ1) is 7.56. The van der Waals surface area contributed by atoms with Crippen molar-refractivity contribution in [2.45, 2.75) is 19.8 Å². The molecule has 0 radical (unpaired) electrons. The molecule has 2 heteroatoms. The monoisotopic (exact) mass is 155 g/mol. The molecule has 1 N–H and O–H groups in total. The molecule has 3 heterocycles. The Morgan fingerprint density at radius 1 is 1.45 bits per heavy atom. The SMILES string of the molecule is CC12CCN(CC1)CC2CO. The van der Waals surface area contributed by atoms with Crippen molar-refractivity contribution in [3.8, 4) is 0 Å². The van der Waals surface area contributed by atoms with Crippen LogP contribution in [0, 0.1) is 11.3 Å². The lowest BCUT2D eigenvalue weighted by molar-refractivity contribution is -0.0447. The van der Waals surface area contributed by atoms with Gasteiger partial charge in [-0.15, -0.1) is 0 Å².